The lowest BCUT2D eigenvalue weighted by molar-refractivity contribution is 0.406. The molecule has 0 saturated heterocycles. The number of nitrogens with one attached hydrogen (secondary N) is 1. The minimum Gasteiger partial charge on any atom is -0.496 e. The third-order valence-electron chi connectivity index (χ3n) is 4.58. The lowest BCUT2D eigenvalue weighted by atomic mass is 9.90. The van der Waals surface area contributed by atoms with E-state index in [1.54, 1.807) is 19.1 Å². The molecule has 0 atom stereocenters. The quantitative estimate of drug-likeness (QED) is 0.661. The molecule has 1 heterocycles. The summed E-state index contributed by atoms with van der Waals surface area (Å²) in [7, 11) is 1.76. The Hall–Kier alpha value is -2.20. The van der Waals surface area contributed by atoms with Crippen molar-refractivity contribution in [3.05, 3.63) is 59.8 Å². The molecular weight excluding hydrogens is 316 g/mol. The molecule has 1 aliphatic rings. The molecule has 0 amide bonds. The first kappa shape index (κ1) is 15.3. The molecule has 3 nitrogen and oxygen atoms in total. The number of rotatable bonds is 4. The number of nitrogens with zero attached hydrogens (tertiary/aromatic N) is 1. The Morgan fingerprint density at radius 2 is 1.83 bits per heavy atom. The van der Waals surface area contributed by atoms with E-state index in [4.69, 9.17) is 4.74 Å². The number of anilines is 1. The summed E-state index contributed by atoms with van der Waals surface area (Å²) < 4.78 is 9.10. The van der Waals surface area contributed by atoms with Crippen LogP contribution in [0.2, 0.25) is 0 Å². The summed E-state index contributed by atoms with van der Waals surface area (Å²) in [6.07, 6.45) is 6.56. The average molecular weight is 336 g/mol. The smallest absolute Gasteiger partial charge is 0.122 e. The number of benzene rings is 2. The SMILES string of the molecule is COc1ccc(NSc2cccc3cccnc23)c2c1CCCC2. The predicted molar refractivity (Wildman–Crippen MR) is 101 cm³/mol. The van der Waals surface area contributed by atoms with Gasteiger partial charge in [-0.3, -0.25) is 4.98 Å². The van der Waals surface area contributed by atoms with Crippen LogP contribution in [0.15, 0.2) is 53.6 Å². The summed E-state index contributed by atoms with van der Waals surface area (Å²) in [4.78, 5) is 5.67. The second-order valence-electron chi connectivity index (χ2n) is 6.01. The molecule has 1 aromatic heterocycles. The zero-order chi connectivity index (χ0) is 16.4. The topological polar surface area (TPSA) is 34.1 Å². The lowest BCUT2D eigenvalue weighted by Crippen LogP contribution is -2.07. The van der Waals surface area contributed by atoms with Gasteiger partial charge in [-0.05, 0) is 73.0 Å². The Bertz CT molecular complexity index is 873. The van der Waals surface area contributed by atoms with Gasteiger partial charge >= 0.3 is 0 Å². The van der Waals surface area contributed by atoms with Crippen molar-refractivity contribution < 1.29 is 4.74 Å². The Morgan fingerprint density at radius 1 is 1.00 bits per heavy atom. The Morgan fingerprint density at radius 3 is 2.71 bits per heavy atom. The van der Waals surface area contributed by atoms with Gasteiger partial charge < -0.3 is 9.46 Å². The summed E-state index contributed by atoms with van der Waals surface area (Å²) in [5.41, 5.74) is 5.01. The highest BCUT2D eigenvalue weighted by Gasteiger charge is 2.17. The van der Waals surface area contributed by atoms with Crippen molar-refractivity contribution in [1.29, 1.82) is 0 Å². The van der Waals surface area contributed by atoms with E-state index >= 15 is 0 Å². The first-order valence-electron chi connectivity index (χ1n) is 8.32. The Kier molecular flexibility index (Phi) is 4.30. The Balaban J connectivity index is 1.64. The number of para-hydroxylation sites is 1. The molecule has 0 radical (unpaired) electrons. The highest BCUT2D eigenvalue weighted by molar-refractivity contribution is 8.00. The third kappa shape index (κ3) is 2.82. The fraction of sp³-hybridized carbons (Fsp3) is 0.250. The minimum atomic E-state index is 1.02. The number of fused-ring (bicyclic) bond motifs is 2. The molecule has 122 valence electrons. The fourth-order valence-electron chi connectivity index (χ4n) is 3.39. The standard InChI is InChI=1S/C20H20N2OS/c1-23-18-12-11-17(15-8-2-3-9-16(15)18)22-24-19-10-4-6-14-7-5-13-21-20(14)19/h4-7,10-13,22H,2-3,8-9H2,1H3. The van der Waals surface area contributed by atoms with E-state index in [0.29, 0.717) is 0 Å². The van der Waals surface area contributed by atoms with Crippen LogP contribution in [0.3, 0.4) is 0 Å². The number of hydrogen-bond acceptors (Lipinski definition) is 4. The van der Waals surface area contributed by atoms with E-state index in [-0.39, 0.29) is 0 Å². The van der Waals surface area contributed by atoms with Crippen molar-refractivity contribution in [3.8, 4) is 5.75 Å². The average Bonchev–Trinajstić information content (AvgIpc) is 2.66. The van der Waals surface area contributed by atoms with Gasteiger partial charge in [0, 0.05) is 17.3 Å². The molecule has 3 aromatic rings. The van der Waals surface area contributed by atoms with Crippen LogP contribution in [0.1, 0.15) is 24.0 Å². The van der Waals surface area contributed by atoms with Crippen molar-refractivity contribution in [3.63, 3.8) is 0 Å². The van der Waals surface area contributed by atoms with Crippen LogP contribution in [0, 0.1) is 0 Å². The van der Waals surface area contributed by atoms with Gasteiger partial charge in [-0.25, -0.2) is 0 Å². The first-order valence-corrected chi connectivity index (χ1v) is 9.14. The number of ether oxygens (including phenoxy) is 1. The van der Waals surface area contributed by atoms with Crippen LogP contribution in [0.5, 0.6) is 5.75 Å². The summed E-state index contributed by atoms with van der Waals surface area (Å²) >= 11 is 1.64. The summed E-state index contributed by atoms with van der Waals surface area (Å²) in [6.45, 7) is 0. The monoisotopic (exact) mass is 336 g/mol. The number of aromatic nitrogens is 1. The van der Waals surface area contributed by atoms with Crippen molar-refractivity contribution >= 4 is 28.5 Å². The van der Waals surface area contributed by atoms with Crippen LogP contribution in [-0.2, 0) is 12.8 Å². The van der Waals surface area contributed by atoms with Crippen molar-refractivity contribution in [2.24, 2.45) is 0 Å². The maximum Gasteiger partial charge on any atom is 0.122 e. The molecule has 0 unspecified atom stereocenters. The predicted octanol–water partition coefficient (Wildman–Crippen LogP) is 5.24. The molecule has 4 heteroatoms. The van der Waals surface area contributed by atoms with Gasteiger partial charge in [-0.2, -0.15) is 0 Å². The van der Waals surface area contributed by atoms with Crippen LogP contribution in [-0.4, -0.2) is 12.1 Å². The number of hydrogen-bond donors (Lipinski definition) is 1. The largest absolute Gasteiger partial charge is 0.496 e. The summed E-state index contributed by atoms with van der Waals surface area (Å²) in [5.74, 6) is 1.02. The molecule has 4 rings (SSSR count). The van der Waals surface area contributed by atoms with E-state index in [0.717, 1.165) is 29.0 Å². The fourth-order valence-corrected chi connectivity index (χ4v) is 4.22. The van der Waals surface area contributed by atoms with E-state index in [1.165, 1.54) is 35.0 Å². The van der Waals surface area contributed by atoms with Crippen LogP contribution in [0.4, 0.5) is 5.69 Å². The van der Waals surface area contributed by atoms with Gasteiger partial charge in [-0.15, -0.1) is 0 Å². The second kappa shape index (κ2) is 6.73. The molecule has 0 saturated carbocycles. The lowest BCUT2D eigenvalue weighted by Gasteiger charge is -2.22. The van der Waals surface area contributed by atoms with Gasteiger partial charge in [0.1, 0.15) is 5.75 Å². The van der Waals surface area contributed by atoms with Crippen molar-refractivity contribution in [2.45, 2.75) is 30.6 Å². The zero-order valence-corrected chi connectivity index (χ0v) is 14.5. The van der Waals surface area contributed by atoms with E-state index < -0.39 is 0 Å². The second-order valence-corrected chi connectivity index (χ2v) is 6.86. The van der Waals surface area contributed by atoms with E-state index in [1.807, 2.05) is 12.3 Å². The maximum atomic E-state index is 5.54. The molecular formula is C20H20N2OS. The molecule has 1 aliphatic carbocycles. The number of pyridine rings is 1. The summed E-state index contributed by atoms with van der Waals surface area (Å²) in [6, 6.07) is 14.6. The highest BCUT2D eigenvalue weighted by Crippen LogP contribution is 2.37. The van der Waals surface area contributed by atoms with Gasteiger partial charge in [0.05, 0.1) is 17.5 Å². The molecule has 24 heavy (non-hydrogen) atoms. The van der Waals surface area contributed by atoms with Crippen LogP contribution >= 0.6 is 11.9 Å². The molecule has 1 N–H and O–H groups in total. The number of methoxy groups -OCH3 is 1. The van der Waals surface area contributed by atoms with Gasteiger partial charge in [-0.1, -0.05) is 18.2 Å². The molecule has 0 fully saturated rings. The van der Waals surface area contributed by atoms with E-state index in [2.05, 4.69) is 46.1 Å². The first-order chi connectivity index (χ1) is 11.9. The Labute approximate surface area is 146 Å². The van der Waals surface area contributed by atoms with Gasteiger partial charge in [0.15, 0.2) is 0 Å². The normalized spacial score (nSPS) is 13.5. The highest BCUT2D eigenvalue weighted by atomic mass is 32.2. The maximum absolute atomic E-state index is 5.54. The van der Waals surface area contributed by atoms with E-state index in [9.17, 15) is 0 Å². The molecule has 0 spiro atoms. The zero-order valence-electron chi connectivity index (χ0n) is 13.7. The molecule has 0 bridgehead atoms. The summed E-state index contributed by atoms with van der Waals surface area (Å²) in [5, 5.41) is 1.17. The van der Waals surface area contributed by atoms with Crippen LogP contribution < -0.4 is 9.46 Å². The van der Waals surface area contributed by atoms with Crippen molar-refractivity contribution in [2.75, 3.05) is 11.8 Å². The van der Waals surface area contributed by atoms with Gasteiger partial charge in [0.25, 0.3) is 0 Å². The van der Waals surface area contributed by atoms with Gasteiger partial charge in [0.2, 0.25) is 0 Å². The van der Waals surface area contributed by atoms with Crippen LogP contribution in [0.25, 0.3) is 10.9 Å². The third-order valence-corrected chi connectivity index (χ3v) is 5.45. The van der Waals surface area contributed by atoms with Crippen molar-refractivity contribution in [1.82, 2.24) is 4.98 Å². The molecule has 0 aliphatic heterocycles. The minimum absolute atomic E-state index is 1.02. The molecule has 2 aromatic carbocycles.